The first-order valence-electron chi connectivity index (χ1n) is 7.58. The molecule has 1 N–H and O–H groups in total. The lowest BCUT2D eigenvalue weighted by molar-refractivity contribution is -0.384. The summed E-state index contributed by atoms with van der Waals surface area (Å²) in [6.45, 7) is 0. The van der Waals surface area contributed by atoms with Gasteiger partial charge in [0.1, 0.15) is 0 Å². The Morgan fingerprint density at radius 3 is 2.81 bits per heavy atom. The van der Waals surface area contributed by atoms with E-state index in [9.17, 15) is 14.9 Å². The second-order valence-corrected chi connectivity index (χ2v) is 7.47. The number of anilines is 1. The molecule has 0 radical (unpaired) electrons. The second kappa shape index (κ2) is 6.89. The quantitative estimate of drug-likeness (QED) is 0.354. The highest BCUT2D eigenvalue weighted by molar-refractivity contribution is 9.10. The molecule has 0 aliphatic carbocycles. The van der Waals surface area contributed by atoms with Gasteiger partial charge in [0.15, 0.2) is 0 Å². The fourth-order valence-electron chi connectivity index (χ4n) is 2.43. The van der Waals surface area contributed by atoms with E-state index >= 15 is 0 Å². The summed E-state index contributed by atoms with van der Waals surface area (Å²) >= 11 is 4.59. The number of halogens is 1. The predicted molar refractivity (Wildman–Crippen MR) is 104 cm³/mol. The van der Waals surface area contributed by atoms with Crippen molar-refractivity contribution in [2.24, 2.45) is 0 Å². The Morgan fingerprint density at radius 1 is 1.19 bits per heavy atom. The number of nitro groups is 1. The third kappa shape index (κ3) is 3.57. The Kier molecular flexibility index (Phi) is 4.42. The summed E-state index contributed by atoms with van der Waals surface area (Å²) in [4.78, 5) is 23.2. The molecule has 8 nitrogen and oxygen atoms in total. The topological polar surface area (TPSA) is 111 Å². The fraction of sp³-hybridized carbons (Fsp3) is 0. The molecular formula is C17H9BrN4O4S. The molecule has 10 heteroatoms. The van der Waals surface area contributed by atoms with Crippen LogP contribution in [0.15, 0.2) is 57.4 Å². The highest BCUT2D eigenvalue weighted by atomic mass is 79.9. The van der Waals surface area contributed by atoms with Crippen LogP contribution in [0, 0.1) is 10.1 Å². The molecule has 2 aromatic carbocycles. The predicted octanol–water partition coefficient (Wildman–Crippen LogP) is 4.87. The Morgan fingerprint density at radius 2 is 2.04 bits per heavy atom. The first kappa shape index (κ1) is 17.3. The van der Waals surface area contributed by atoms with Crippen LogP contribution in [0.3, 0.4) is 0 Å². The monoisotopic (exact) mass is 444 g/mol. The molecule has 27 heavy (non-hydrogen) atoms. The minimum absolute atomic E-state index is 0.0252. The second-order valence-electron chi connectivity index (χ2n) is 5.47. The van der Waals surface area contributed by atoms with Gasteiger partial charge in [-0.1, -0.05) is 27.1 Å². The smallest absolute Gasteiger partial charge is 0.322 e. The number of nitrogens with zero attached hydrogens (tertiary/aromatic N) is 3. The number of nitro benzene ring substituents is 1. The third-order valence-electron chi connectivity index (χ3n) is 3.65. The molecule has 0 aliphatic heterocycles. The van der Waals surface area contributed by atoms with Gasteiger partial charge in [-0.15, -0.1) is 16.4 Å². The van der Waals surface area contributed by atoms with Gasteiger partial charge in [-0.2, -0.15) is 0 Å². The number of carbonyl (C=O) groups excluding carboxylic acids is 1. The van der Waals surface area contributed by atoms with E-state index < -0.39 is 10.8 Å². The molecule has 4 rings (SSSR count). The number of non-ortho nitro benzene ring substituents is 1. The van der Waals surface area contributed by atoms with Crippen molar-refractivity contribution in [2.45, 2.75) is 0 Å². The van der Waals surface area contributed by atoms with Gasteiger partial charge in [0.25, 0.3) is 11.6 Å². The molecule has 0 bridgehead atoms. The fourth-order valence-corrected chi connectivity index (χ4v) is 3.76. The lowest BCUT2D eigenvalue weighted by Crippen LogP contribution is -2.10. The number of hydrogen-bond donors (Lipinski definition) is 1. The zero-order valence-electron chi connectivity index (χ0n) is 13.4. The number of benzene rings is 2. The van der Waals surface area contributed by atoms with Crippen LogP contribution in [0.5, 0.6) is 0 Å². The van der Waals surface area contributed by atoms with Crippen molar-refractivity contribution in [3.63, 3.8) is 0 Å². The van der Waals surface area contributed by atoms with Gasteiger partial charge in [-0.25, -0.2) is 0 Å². The normalized spacial score (nSPS) is 10.9. The van der Waals surface area contributed by atoms with Crippen molar-refractivity contribution < 1.29 is 14.1 Å². The first-order chi connectivity index (χ1) is 13.0. The summed E-state index contributed by atoms with van der Waals surface area (Å²) in [5.41, 5.74) is 0.689. The molecular weight excluding hydrogens is 436 g/mol. The van der Waals surface area contributed by atoms with Crippen LogP contribution in [-0.4, -0.2) is 21.0 Å². The van der Waals surface area contributed by atoms with Crippen molar-refractivity contribution in [2.75, 3.05) is 5.32 Å². The van der Waals surface area contributed by atoms with Crippen LogP contribution in [-0.2, 0) is 0 Å². The number of nitrogens with one attached hydrogen (secondary N) is 1. The maximum Gasteiger partial charge on any atom is 0.322 e. The molecule has 1 amide bonds. The summed E-state index contributed by atoms with van der Waals surface area (Å²) in [6, 6.07) is 13.3. The lowest BCUT2D eigenvalue weighted by Gasteiger charge is -1.97. The van der Waals surface area contributed by atoms with Crippen molar-refractivity contribution >= 4 is 55.0 Å². The van der Waals surface area contributed by atoms with Gasteiger partial charge in [-0.05, 0) is 30.3 Å². The summed E-state index contributed by atoms with van der Waals surface area (Å²) in [5.74, 6) is -0.151. The zero-order valence-corrected chi connectivity index (χ0v) is 15.8. The molecule has 4 aromatic rings. The van der Waals surface area contributed by atoms with E-state index in [1.165, 1.54) is 23.5 Å². The summed E-state index contributed by atoms with van der Waals surface area (Å²) in [6.07, 6.45) is 0. The maximum atomic E-state index is 12.4. The number of rotatable bonds is 4. The molecule has 2 heterocycles. The van der Waals surface area contributed by atoms with Gasteiger partial charge < -0.3 is 4.42 Å². The molecule has 0 atom stereocenters. The summed E-state index contributed by atoms with van der Waals surface area (Å²) < 4.78 is 7.12. The first-order valence-corrected chi connectivity index (χ1v) is 9.19. The van der Waals surface area contributed by atoms with E-state index in [0.29, 0.717) is 15.8 Å². The van der Waals surface area contributed by atoms with Crippen LogP contribution >= 0.6 is 27.3 Å². The minimum Gasteiger partial charge on any atom is -0.403 e. The number of amides is 1. The van der Waals surface area contributed by atoms with E-state index in [0.717, 1.165) is 9.17 Å². The maximum absolute atomic E-state index is 12.4. The van der Waals surface area contributed by atoms with Crippen LogP contribution in [0.25, 0.3) is 21.5 Å². The number of fused-ring (bicyclic) bond motifs is 1. The highest BCUT2D eigenvalue weighted by Crippen LogP contribution is 2.30. The molecule has 0 spiro atoms. The standard InChI is InChI=1S/C17H9BrN4O4S/c18-11-3-1-2-9(6-11)16-20-21-17(26-16)19-15(23)14-8-10-7-12(22(24)25)4-5-13(10)27-14/h1-8H,(H,19,21,23). The number of thiophene rings is 1. The van der Waals surface area contributed by atoms with Gasteiger partial charge >= 0.3 is 6.01 Å². The Labute approximate surface area is 164 Å². The van der Waals surface area contributed by atoms with Gasteiger partial charge in [0, 0.05) is 32.3 Å². The number of aromatic nitrogens is 2. The zero-order chi connectivity index (χ0) is 19.0. The Balaban J connectivity index is 1.56. The van der Waals surface area contributed by atoms with Crippen molar-refractivity contribution in [1.29, 1.82) is 0 Å². The highest BCUT2D eigenvalue weighted by Gasteiger charge is 2.16. The van der Waals surface area contributed by atoms with Crippen molar-refractivity contribution in [1.82, 2.24) is 10.2 Å². The van der Waals surface area contributed by atoms with E-state index in [4.69, 9.17) is 4.42 Å². The summed E-state index contributed by atoms with van der Waals surface area (Å²) in [7, 11) is 0. The average molecular weight is 445 g/mol. The molecule has 0 aliphatic rings. The molecule has 2 aromatic heterocycles. The van der Waals surface area contributed by atoms with Crippen LogP contribution in [0.2, 0.25) is 0 Å². The van der Waals surface area contributed by atoms with Crippen molar-refractivity contribution in [3.05, 3.63) is 68.0 Å². The number of carbonyl (C=O) groups is 1. The average Bonchev–Trinajstić information content (AvgIpc) is 3.27. The van der Waals surface area contributed by atoms with Gasteiger partial charge in [0.2, 0.25) is 5.89 Å². The Bertz CT molecular complexity index is 1190. The van der Waals surface area contributed by atoms with E-state index in [2.05, 4.69) is 31.4 Å². The van der Waals surface area contributed by atoms with Gasteiger partial charge in [0.05, 0.1) is 9.80 Å². The third-order valence-corrected chi connectivity index (χ3v) is 5.26. The molecule has 0 saturated carbocycles. The molecule has 134 valence electrons. The van der Waals surface area contributed by atoms with E-state index in [-0.39, 0.29) is 17.6 Å². The largest absolute Gasteiger partial charge is 0.403 e. The van der Waals surface area contributed by atoms with E-state index in [1.807, 2.05) is 24.3 Å². The van der Waals surface area contributed by atoms with Crippen LogP contribution in [0.4, 0.5) is 11.7 Å². The molecule has 0 saturated heterocycles. The number of hydrogen-bond acceptors (Lipinski definition) is 7. The Hall–Kier alpha value is -3.11. The molecule has 0 unspecified atom stereocenters. The summed E-state index contributed by atoms with van der Waals surface area (Å²) in [5, 5.41) is 21.8. The van der Waals surface area contributed by atoms with Crippen LogP contribution < -0.4 is 5.32 Å². The minimum atomic E-state index is -0.473. The van der Waals surface area contributed by atoms with E-state index in [1.54, 1.807) is 12.1 Å². The lowest BCUT2D eigenvalue weighted by atomic mass is 10.2. The van der Waals surface area contributed by atoms with Crippen LogP contribution in [0.1, 0.15) is 9.67 Å². The SMILES string of the molecule is O=C(Nc1nnc(-c2cccc(Br)c2)o1)c1cc2cc([N+](=O)[O-])ccc2s1. The van der Waals surface area contributed by atoms with Crippen molar-refractivity contribution in [3.8, 4) is 11.5 Å². The van der Waals surface area contributed by atoms with Gasteiger partial charge in [-0.3, -0.25) is 20.2 Å². The molecule has 0 fully saturated rings.